The van der Waals surface area contributed by atoms with Crippen LogP contribution in [0.25, 0.3) is 5.65 Å². The summed E-state index contributed by atoms with van der Waals surface area (Å²) in [7, 11) is 0. The van der Waals surface area contributed by atoms with Crippen LogP contribution in [0.2, 0.25) is 0 Å². The Labute approximate surface area is 179 Å². The lowest BCUT2D eigenvalue weighted by Gasteiger charge is -2.20. The van der Waals surface area contributed by atoms with E-state index >= 15 is 0 Å². The van der Waals surface area contributed by atoms with E-state index in [1.54, 1.807) is 0 Å². The monoisotopic (exact) mass is 407 g/mol. The number of rotatable bonds is 7. The average Bonchev–Trinajstić information content (AvgIpc) is 3.14. The first-order valence-electron chi connectivity index (χ1n) is 10.6. The fraction of sp³-hybridized carbons (Fsp3) is 0.417. The summed E-state index contributed by atoms with van der Waals surface area (Å²) in [4.78, 5) is 9.17. The lowest BCUT2D eigenvalue weighted by atomic mass is 9.86. The molecule has 0 aliphatic rings. The highest BCUT2D eigenvalue weighted by Crippen LogP contribution is 2.24. The van der Waals surface area contributed by atoms with Crippen molar-refractivity contribution < 1.29 is 5.11 Å². The van der Waals surface area contributed by atoms with Crippen LogP contribution in [-0.2, 0) is 11.8 Å². The van der Waals surface area contributed by atoms with E-state index in [1.807, 2.05) is 54.0 Å². The Kier molecular flexibility index (Phi) is 7.11. The van der Waals surface area contributed by atoms with Gasteiger partial charge in [-0.05, 0) is 35.6 Å². The van der Waals surface area contributed by atoms with Crippen molar-refractivity contribution in [2.24, 2.45) is 4.99 Å². The van der Waals surface area contributed by atoms with Crippen LogP contribution >= 0.6 is 0 Å². The fourth-order valence-electron chi connectivity index (χ4n) is 3.25. The SMILES string of the molecule is CCNC(=NCC(O)c1ccc(C(C)(C)C)cc1)NCCc1cn2ccccc2n1. The highest BCUT2D eigenvalue weighted by atomic mass is 16.3. The Morgan fingerprint density at radius 2 is 1.90 bits per heavy atom. The third kappa shape index (κ3) is 5.83. The van der Waals surface area contributed by atoms with Gasteiger partial charge < -0.3 is 20.1 Å². The largest absolute Gasteiger partial charge is 0.386 e. The lowest BCUT2D eigenvalue weighted by Crippen LogP contribution is -2.38. The van der Waals surface area contributed by atoms with Gasteiger partial charge in [0, 0.05) is 31.9 Å². The summed E-state index contributed by atoms with van der Waals surface area (Å²) in [5.74, 6) is 0.701. The van der Waals surface area contributed by atoms with Gasteiger partial charge in [0.25, 0.3) is 0 Å². The molecule has 0 radical (unpaired) electrons. The number of guanidine groups is 1. The quantitative estimate of drug-likeness (QED) is 0.414. The smallest absolute Gasteiger partial charge is 0.191 e. The number of imidazole rings is 1. The molecule has 3 aromatic rings. The molecule has 160 valence electrons. The number of aliphatic hydroxyl groups is 1. The summed E-state index contributed by atoms with van der Waals surface area (Å²) in [5, 5.41) is 17.1. The second-order valence-electron chi connectivity index (χ2n) is 8.48. The maximum absolute atomic E-state index is 10.5. The van der Waals surface area contributed by atoms with E-state index in [1.165, 1.54) is 5.56 Å². The molecule has 6 heteroatoms. The molecule has 1 aromatic carbocycles. The number of hydrogen-bond donors (Lipinski definition) is 3. The van der Waals surface area contributed by atoms with Gasteiger partial charge in [0.1, 0.15) is 5.65 Å². The zero-order chi connectivity index (χ0) is 21.6. The summed E-state index contributed by atoms with van der Waals surface area (Å²) in [6.45, 7) is 10.4. The van der Waals surface area contributed by atoms with Crippen molar-refractivity contribution in [3.8, 4) is 0 Å². The predicted molar refractivity (Wildman–Crippen MR) is 123 cm³/mol. The van der Waals surface area contributed by atoms with Gasteiger partial charge in [-0.15, -0.1) is 0 Å². The number of nitrogens with zero attached hydrogens (tertiary/aromatic N) is 3. The second kappa shape index (κ2) is 9.76. The summed E-state index contributed by atoms with van der Waals surface area (Å²) in [6, 6.07) is 14.1. The van der Waals surface area contributed by atoms with Crippen molar-refractivity contribution >= 4 is 11.6 Å². The molecule has 0 spiro atoms. The molecule has 0 amide bonds. The average molecular weight is 408 g/mol. The van der Waals surface area contributed by atoms with Crippen LogP contribution in [0.1, 0.15) is 50.6 Å². The summed E-state index contributed by atoms with van der Waals surface area (Å²) < 4.78 is 2.02. The van der Waals surface area contributed by atoms with Crippen LogP contribution in [0.5, 0.6) is 0 Å². The van der Waals surface area contributed by atoms with E-state index in [0.717, 1.165) is 29.9 Å². The molecule has 3 N–H and O–H groups in total. The number of benzene rings is 1. The maximum Gasteiger partial charge on any atom is 0.191 e. The molecule has 0 saturated carbocycles. The molecule has 0 aliphatic carbocycles. The van der Waals surface area contributed by atoms with E-state index in [2.05, 4.69) is 53.5 Å². The predicted octanol–water partition coefficient (Wildman–Crippen LogP) is 3.46. The first-order valence-corrected chi connectivity index (χ1v) is 10.6. The Balaban J connectivity index is 1.55. The molecule has 1 atom stereocenters. The molecule has 6 nitrogen and oxygen atoms in total. The number of aromatic nitrogens is 2. The fourth-order valence-corrected chi connectivity index (χ4v) is 3.25. The Bertz CT molecular complexity index is 936. The number of hydrogen-bond acceptors (Lipinski definition) is 3. The number of fused-ring (bicyclic) bond motifs is 1. The highest BCUT2D eigenvalue weighted by molar-refractivity contribution is 5.79. The van der Waals surface area contributed by atoms with E-state index in [0.29, 0.717) is 19.0 Å². The van der Waals surface area contributed by atoms with Gasteiger partial charge in [0.2, 0.25) is 0 Å². The van der Waals surface area contributed by atoms with Crippen molar-refractivity contribution in [1.29, 1.82) is 0 Å². The van der Waals surface area contributed by atoms with Gasteiger partial charge in [-0.25, -0.2) is 4.98 Å². The minimum atomic E-state index is -0.632. The summed E-state index contributed by atoms with van der Waals surface area (Å²) in [5.41, 5.74) is 4.22. The van der Waals surface area contributed by atoms with Crippen molar-refractivity contribution in [2.45, 2.75) is 45.6 Å². The molecule has 1 unspecified atom stereocenters. The summed E-state index contributed by atoms with van der Waals surface area (Å²) >= 11 is 0. The van der Waals surface area contributed by atoms with Crippen molar-refractivity contribution in [3.05, 3.63) is 71.7 Å². The maximum atomic E-state index is 10.5. The Hall–Kier alpha value is -2.86. The van der Waals surface area contributed by atoms with Crippen LogP contribution in [0.15, 0.2) is 59.9 Å². The zero-order valence-corrected chi connectivity index (χ0v) is 18.4. The molecule has 2 heterocycles. The Morgan fingerprint density at radius 1 is 1.13 bits per heavy atom. The van der Waals surface area contributed by atoms with Crippen molar-refractivity contribution in [1.82, 2.24) is 20.0 Å². The van der Waals surface area contributed by atoms with E-state index in [9.17, 15) is 5.11 Å². The van der Waals surface area contributed by atoms with E-state index in [4.69, 9.17) is 0 Å². The first kappa shape index (κ1) is 21.8. The normalized spacial score (nSPS) is 13.4. The van der Waals surface area contributed by atoms with Crippen LogP contribution in [0.4, 0.5) is 0 Å². The van der Waals surface area contributed by atoms with Crippen molar-refractivity contribution in [3.63, 3.8) is 0 Å². The highest BCUT2D eigenvalue weighted by Gasteiger charge is 2.14. The van der Waals surface area contributed by atoms with Crippen LogP contribution < -0.4 is 10.6 Å². The van der Waals surface area contributed by atoms with Gasteiger partial charge in [-0.3, -0.25) is 4.99 Å². The standard InChI is InChI=1S/C24H33N5O/c1-5-25-23(26-14-13-20-17-29-15-7-6-8-22(29)28-20)27-16-21(30)18-9-11-19(12-10-18)24(2,3)4/h6-12,15,17,21,30H,5,13-14,16H2,1-4H3,(H2,25,26,27). The Morgan fingerprint density at radius 3 is 2.57 bits per heavy atom. The van der Waals surface area contributed by atoms with E-state index in [-0.39, 0.29) is 5.41 Å². The molecule has 30 heavy (non-hydrogen) atoms. The third-order valence-electron chi connectivity index (χ3n) is 5.02. The lowest BCUT2D eigenvalue weighted by molar-refractivity contribution is 0.187. The van der Waals surface area contributed by atoms with Gasteiger partial charge in [0.05, 0.1) is 18.3 Å². The molecular weight excluding hydrogens is 374 g/mol. The first-order chi connectivity index (χ1) is 14.4. The number of nitrogens with one attached hydrogen (secondary N) is 2. The minimum absolute atomic E-state index is 0.102. The van der Waals surface area contributed by atoms with Crippen molar-refractivity contribution in [2.75, 3.05) is 19.6 Å². The molecule has 0 fully saturated rings. The molecule has 0 aliphatic heterocycles. The zero-order valence-electron chi connectivity index (χ0n) is 18.4. The number of aliphatic imine (C=N–C) groups is 1. The van der Waals surface area contributed by atoms with E-state index < -0.39 is 6.10 Å². The van der Waals surface area contributed by atoms with Crippen LogP contribution in [-0.4, -0.2) is 40.1 Å². The van der Waals surface area contributed by atoms with Gasteiger partial charge in [-0.1, -0.05) is 51.1 Å². The van der Waals surface area contributed by atoms with Gasteiger partial charge >= 0.3 is 0 Å². The van der Waals surface area contributed by atoms with Crippen LogP contribution in [0, 0.1) is 0 Å². The molecule has 2 aromatic heterocycles. The second-order valence-corrected chi connectivity index (χ2v) is 8.48. The molecule has 0 saturated heterocycles. The number of pyridine rings is 1. The molecule has 0 bridgehead atoms. The summed E-state index contributed by atoms with van der Waals surface area (Å²) in [6.07, 6.45) is 4.21. The number of aliphatic hydroxyl groups excluding tert-OH is 1. The van der Waals surface area contributed by atoms with Crippen LogP contribution in [0.3, 0.4) is 0 Å². The topological polar surface area (TPSA) is 74.0 Å². The molecular formula is C24H33N5O. The molecule has 3 rings (SSSR count). The minimum Gasteiger partial charge on any atom is -0.386 e. The van der Waals surface area contributed by atoms with Gasteiger partial charge in [0.15, 0.2) is 5.96 Å². The third-order valence-corrected chi connectivity index (χ3v) is 5.02. The van der Waals surface area contributed by atoms with Gasteiger partial charge in [-0.2, -0.15) is 0 Å².